The van der Waals surface area contributed by atoms with Crippen molar-refractivity contribution in [2.75, 3.05) is 12.1 Å². The summed E-state index contributed by atoms with van der Waals surface area (Å²) >= 11 is 0. The molecule has 0 radical (unpaired) electrons. The molecule has 0 bridgehead atoms. The number of hydrogen-bond donors (Lipinski definition) is 2. The molecule has 0 atom stereocenters. The smallest absolute Gasteiger partial charge is 0.339 e. The topological polar surface area (TPSA) is 110 Å². The Bertz CT molecular complexity index is 561. The van der Waals surface area contributed by atoms with E-state index in [1.54, 1.807) is 14.1 Å². The van der Waals surface area contributed by atoms with Crippen LogP contribution in [-0.2, 0) is 7.05 Å². The third-order valence-corrected chi connectivity index (χ3v) is 2.17. The van der Waals surface area contributed by atoms with Crippen molar-refractivity contribution in [3.05, 3.63) is 11.8 Å². The van der Waals surface area contributed by atoms with Gasteiger partial charge in [0.2, 0.25) is 0 Å². The summed E-state index contributed by atoms with van der Waals surface area (Å²) in [7, 11) is 3.21. The van der Waals surface area contributed by atoms with Gasteiger partial charge in [-0.3, -0.25) is 5.01 Å². The van der Waals surface area contributed by atoms with Gasteiger partial charge in [-0.1, -0.05) is 5.21 Å². The highest BCUT2D eigenvalue weighted by Crippen LogP contribution is 2.22. The van der Waals surface area contributed by atoms with Gasteiger partial charge in [0.05, 0.1) is 0 Å². The maximum atomic E-state index is 11.0. The Balaban J connectivity index is 2.84. The number of carboxylic acid groups (broad SMARTS) is 1. The van der Waals surface area contributed by atoms with Crippen molar-refractivity contribution in [3.8, 4) is 0 Å². The van der Waals surface area contributed by atoms with E-state index in [1.807, 2.05) is 0 Å². The monoisotopic (exact) mass is 222 g/mol. The lowest BCUT2D eigenvalue weighted by molar-refractivity contribution is 0.0698. The van der Waals surface area contributed by atoms with Gasteiger partial charge in [-0.25, -0.2) is 20.3 Å². The van der Waals surface area contributed by atoms with Gasteiger partial charge in [0.25, 0.3) is 0 Å². The summed E-state index contributed by atoms with van der Waals surface area (Å²) in [5, 5.41) is 17.9. The third kappa shape index (κ3) is 1.36. The highest BCUT2D eigenvalue weighted by molar-refractivity contribution is 6.03. The van der Waals surface area contributed by atoms with Crippen LogP contribution in [-0.4, -0.2) is 38.1 Å². The van der Waals surface area contributed by atoms with E-state index in [2.05, 4.69) is 15.3 Å². The van der Waals surface area contributed by atoms with Gasteiger partial charge in [-0.2, -0.15) is 0 Å². The summed E-state index contributed by atoms with van der Waals surface area (Å²) in [4.78, 5) is 14.9. The van der Waals surface area contributed by atoms with Gasteiger partial charge in [-0.05, 0) is 0 Å². The van der Waals surface area contributed by atoms with E-state index in [-0.39, 0.29) is 5.56 Å². The predicted molar refractivity (Wildman–Crippen MR) is 55.9 cm³/mol. The molecule has 3 N–H and O–H groups in total. The summed E-state index contributed by atoms with van der Waals surface area (Å²) in [6, 6.07) is 0. The molecule has 2 aromatic heterocycles. The summed E-state index contributed by atoms with van der Waals surface area (Å²) in [6.07, 6.45) is 1.24. The van der Waals surface area contributed by atoms with Crippen molar-refractivity contribution >= 4 is 22.8 Å². The van der Waals surface area contributed by atoms with Crippen molar-refractivity contribution < 1.29 is 9.90 Å². The maximum Gasteiger partial charge on any atom is 0.339 e. The number of aromatic nitrogens is 4. The first-order valence-electron chi connectivity index (χ1n) is 4.42. The van der Waals surface area contributed by atoms with Crippen molar-refractivity contribution in [3.63, 3.8) is 0 Å². The van der Waals surface area contributed by atoms with E-state index < -0.39 is 5.97 Å². The van der Waals surface area contributed by atoms with Crippen molar-refractivity contribution in [2.24, 2.45) is 12.9 Å². The Morgan fingerprint density at radius 1 is 1.62 bits per heavy atom. The quantitative estimate of drug-likeness (QED) is 0.514. The lowest BCUT2D eigenvalue weighted by Gasteiger charge is -2.11. The SMILES string of the molecule is CN(N)c1ncc(C(=O)O)c2c1nnn2C. The van der Waals surface area contributed by atoms with Crippen LogP contribution in [0.5, 0.6) is 0 Å². The highest BCUT2D eigenvalue weighted by Gasteiger charge is 2.18. The van der Waals surface area contributed by atoms with Crippen LogP contribution < -0.4 is 10.9 Å². The molecule has 0 aliphatic heterocycles. The second-order valence-corrected chi connectivity index (χ2v) is 3.32. The molecular formula is C8H10N6O2. The summed E-state index contributed by atoms with van der Waals surface area (Å²) < 4.78 is 1.38. The van der Waals surface area contributed by atoms with Gasteiger partial charge in [0, 0.05) is 20.3 Å². The first kappa shape index (κ1) is 10.3. The largest absolute Gasteiger partial charge is 0.478 e. The first-order valence-corrected chi connectivity index (χ1v) is 4.42. The zero-order chi connectivity index (χ0) is 11.9. The Morgan fingerprint density at radius 3 is 2.88 bits per heavy atom. The predicted octanol–water partition coefficient (Wildman–Crippen LogP) is -0.629. The van der Waals surface area contributed by atoms with Crippen LogP contribution in [0.3, 0.4) is 0 Å². The minimum absolute atomic E-state index is 0.0492. The third-order valence-electron chi connectivity index (χ3n) is 2.17. The molecule has 2 heterocycles. The van der Waals surface area contributed by atoms with Crippen molar-refractivity contribution in [2.45, 2.75) is 0 Å². The number of aryl methyl sites for hydroxylation is 1. The summed E-state index contributed by atoms with van der Waals surface area (Å²) in [5.74, 6) is 4.87. The average molecular weight is 222 g/mol. The number of carboxylic acids is 1. The van der Waals surface area contributed by atoms with E-state index in [9.17, 15) is 4.79 Å². The van der Waals surface area contributed by atoms with Gasteiger partial charge in [0.15, 0.2) is 11.3 Å². The summed E-state index contributed by atoms with van der Waals surface area (Å²) in [6.45, 7) is 0. The standard InChI is InChI=1S/C8H10N6O2/c1-13(9)7-5-6(14(2)12-11-5)4(3-10-7)8(15)16/h3H,9H2,1-2H3,(H,15,16). The minimum atomic E-state index is -1.07. The lowest BCUT2D eigenvalue weighted by atomic mass is 10.2. The zero-order valence-electron chi connectivity index (χ0n) is 8.75. The normalized spacial score (nSPS) is 10.7. The molecule has 0 aliphatic carbocycles. The highest BCUT2D eigenvalue weighted by atomic mass is 16.4. The second kappa shape index (κ2) is 3.42. The molecule has 0 unspecified atom stereocenters. The number of nitrogens with two attached hydrogens (primary N) is 1. The molecule has 2 rings (SSSR count). The number of fused-ring (bicyclic) bond motifs is 1. The average Bonchev–Trinajstić information content (AvgIpc) is 2.59. The maximum absolute atomic E-state index is 11.0. The number of pyridine rings is 1. The van der Waals surface area contributed by atoms with Gasteiger partial charge in [0.1, 0.15) is 11.1 Å². The molecule has 84 valence electrons. The number of aromatic carboxylic acids is 1. The number of anilines is 1. The zero-order valence-corrected chi connectivity index (χ0v) is 8.75. The Morgan fingerprint density at radius 2 is 2.31 bits per heavy atom. The van der Waals surface area contributed by atoms with Crippen molar-refractivity contribution in [1.29, 1.82) is 0 Å². The van der Waals surface area contributed by atoms with Crippen molar-refractivity contribution in [1.82, 2.24) is 20.0 Å². The molecule has 0 amide bonds. The van der Waals surface area contributed by atoms with Crippen LogP contribution in [0.2, 0.25) is 0 Å². The fourth-order valence-electron chi connectivity index (χ4n) is 1.47. The first-order chi connectivity index (χ1) is 7.52. The van der Waals surface area contributed by atoms with E-state index >= 15 is 0 Å². The van der Waals surface area contributed by atoms with E-state index in [4.69, 9.17) is 10.9 Å². The van der Waals surface area contributed by atoms with Gasteiger partial charge < -0.3 is 5.11 Å². The molecule has 2 aromatic rings. The molecule has 0 saturated heterocycles. The van der Waals surface area contributed by atoms with Crippen LogP contribution in [0.4, 0.5) is 5.82 Å². The van der Waals surface area contributed by atoms with Crippen LogP contribution in [0, 0.1) is 0 Å². The van der Waals surface area contributed by atoms with Crippen LogP contribution >= 0.6 is 0 Å². The van der Waals surface area contributed by atoms with E-state index in [1.165, 1.54) is 15.9 Å². The van der Waals surface area contributed by atoms with Gasteiger partial charge in [-0.15, -0.1) is 5.10 Å². The van der Waals surface area contributed by atoms with Gasteiger partial charge >= 0.3 is 5.97 Å². The van der Waals surface area contributed by atoms with Crippen LogP contribution in [0.15, 0.2) is 6.20 Å². The lowest BCUT2D eigenvalue weighted by Crippen LogP contribution is -2.26. The summed E-state index contributed by atoms with van der Waals surface area (Å²) in [5.41, 5.74) is 0.815. The van der Waals surface area contributed by atoms with Crippen LogP contribution in [0.1, 0.15) is 10.4 Å². The molecule has 8 heteroatoms. The Labute approximate surface area is 90.2 Å². The Hall–Kier alpha value is -2.22. The molecule has 0 saturated carbocycles. The van der Waals surface area contributed by atoms with E-state index in [0.717, 1.165) is 0 Å². The number of hydrogen-bond acceptors (Lipinski definition) is 6. The Kier molecular flexibility index (Phi) is 2.20. The fraction of sp³-hybridized carbons (Fsp3) is 0.250. The molecule has 0 fully saturated rings. The molecule has 0 aromatic carbocycles. The second-order valence-electron chi connectivity index (χ2n) is 3.32. The van der Waals surface area contributed by atoms with E-state index in [0.29, 0.717) is 16.9 Å². The fourth-order valence-corrected chi connectivity index (χ4v) is 1.47. The molecule has 16 heavy (non-hydrogen) atoms. The number of rotatable bonds is 2. The minimum Gasteiger partial charge on any atom is -0.478 e. The van der Waals surface area contributed by atoms with Crippen LogP contribution in [0.25, 0.3) is 11.0 Å². The molecule has 0 aliphatic rings. The molecule has 0 spiro atoms. The molecule has 8 nitrogen and oxygen atoms in total. The molecular weight excluding hydrogens is 212 g/mol. The number of hydrazine groups is 1. The number of carbonyl (C=O) groups is 1. The number of nitrogens with zero attached hydrogens (tertiary/aromatic N) is 5.